The summed E-state index contributed by atoms with van der Waals surface area (Å²) >= 11 is 0. The Bertz CT molecular complexity index is 546. The molecule has 3 rings (SSSR count). The molecule has 0 bridgehead atoms. The normalized spacial score (nSPS) is 17.3. The molecule has 4 heteroatoms. The van der Waals surface area contributed by atoms with Gasteiger partial charge >= 0.3 is 0 Å². The fourth-order valence-electron chi connectivity index (χ4n) is 1.77. The predicted octanol–water partition coefficient (Wildman–Crippen LogP) is 2.18. The molecule has 1 aliphatic rings. The van der Waals surface area contributed by atoms with Crippen LogP contribution in [0.3, 0.4) is 0 Å². The largest absolute Gasteiger partial charge is 0.399 e. The summed E-state index contributed by atoms with van der Waals surface area (Å²) in [4.78, 5) is 8.52. The minimum absolute atomic E-state index is 0.214. The van der Waals surface area contributed by atoms with Gasteiger partial charge in [-0.1, -0.05) is 0 Å². The SMILES string of the molecule is CC1(Nc2ncnc3ccc(N)cc23)CC1. The zero-order valence-electron chi connectivity index (χ0n) is 9.20. The quantitative estimate of drug-likeness (QED) is 0.752. The fourth-order valence-corrected chi connectivity index (χ4v) is 1.77. The van der Waals surface area contributed by atoms with Crippen LogP contribution in [0.5, 0.6) is 0 Å². The summed E-state index contributed by atoms with van der Waals surface area (Å²) in [7, 11) is 0. The highest BCUT2D eigenvalue weighted by Crippen LogP contribution is 2.38. The van der Waals surface area contributed by atoms with Gasteiger partial charge < -0.3 is 11.1 Å². The molecule has 82 valence electrons. The van der Waals surface area contributed by atoms with Gasteiger partial charge in [-0.05, 0) is 38.0 Å². The number of nitrogens with zero attached hydrogens (tertiary/aromatic N) is 2. The monoisotopic (exact) mass is 214 g/mol. The predicted molar refractivity (Wildman–Crippen MR) is 65.2 cm³/mol. The highest BCUT2D eigenvalue weighted by molar-refractivity contribution is 5.91. The van der Waals surface area contributed by atoms with Crippen LogP contribution in [0.15, 0.2) is 24.5 Å². The molecule has 1 aromatic heterocycles. The van der Waals surface area contributed by atoms with Crippen molar-refractivity contribution >= 4 is 22.4 Å². The lowest BCUT2D eigenvalue weighted by atomic mass is 10.2. The molecule has 0 spiro atoms. The van der Waals surface area contributed by atoms with Gasteiger partial charge in [-0.3, -0.25) is 0 Å². The van der Waals surface area contributed by atoms with E-state index in [9.17, 15) is 0 Å². The molecule has 16 heavy (non-hydrogen) atoms. The van der Waals surface area contributed by atoms with E-state index in [4.69, 9.17) is 5.73 Å². The molecule has 0 atom stereocenters. The van der Waals surface area contributed by atoms with E-state index in [2.05, 4.69) is 22.2 Å². The van der Waals surface area contributed by atoms with Crippen molar-refractivity contribution in [2.24, 2.45) is 0 Å². The fraction of sp³-hybridized carbons (Fsp3) is 0.333. The van der Waals surface area contributed by atoms with E-state index in [0.29, 0.717) is 0 Å². The van der Waals surface area contributed by atoms with E-state index in [1.54, 1.807) is 6.33 Å². The summed E-state index contributed by atoms with van der Waals surface area (Å²) in [6.45, 7) is 2.20. The maximum Gasteiger partial charge on any atom is 0.137 e. The molecule has 0 radical (unpaired) electrons. The zero-order chi connectivity index (χ0) is 11.2. The number of nitrogens with one attached hydrogen (secondary N) is 1. The van der Waals surface area contributed by atoms with Crippen LogP contribution in [0, 0.1) is 0 Å². The van der Waals surface area contributed by atoms with Crippen LogP contribution in [0.25, 0.3) is 10.9 Å². The Morgan fingerprint density at radius 1 is 1.31 bits per heavy atom. The Balaban J connectivity index is 2.12. The molecule has 0 unspecified atom stereocenters. The summed E-state index contributed by atoms with van der Waals surface area (Å²) < 4.78 is 0. The van der Waals surface area contributed by atoms with Gasteiger partial charge in [0.2, 0.25) is 0 Å². The van der Waals surface area contributed by atoms with Crippen molar-refractivity contribution in [2.75, 3.05) is 11.1 Å². The molecule has 0 saturated heterocycles. The number of anilines is 2. The van der Waals surface area contributed by atoms with Gasteiger partial charge in [-0.2, -0.15) is 0 Å². The Morgan fingerprint density at radius 3 is 2.88 bits per heavy atom. The van der Waals surface area contributed by atoms with Gasteiger partial charge in [0.05, 0.1) is 5.52 Å². The number of nitrogens with two attached hydrogens (primary N) is 1. The molecule has 1 fully saturated rings. The van der Waals surface area contributed by atoms with Gasteiger partial charge in [0, 0.05) is 16.6 Å². The third-order valence-corrected chi connectivity index (χ3v) is 3.08. The summed E-state index contributed by atoms with van der Waals surface area (Å²) in [5.41, 5.74) is 7.67. The highest BCUT2D eigenvalue weighted by atomic mass is 15.1. The minimum atomic E-state index is 0.214. The van der Waals surface area contributed by atoms with Gasteiger partial charge in [-0.15, -0.1) is 0 Å². The Morgan fingerprint density at radius 2 is 2.12 bits per heavy atom. The van der Waals surface area contributed by atoms with Crippen LogP contribution in [-0.4, -0.2) is 15.5 Å². The van der Waals surface area contributed by atoms with E-state index < -0.39 is 0 Å². The van der Waals surface area contributed by atoms with Crippen LogP contribution in [0.1, 0.15) is 19.8 Å². The van der Waals surface area contributed by atoms with Gasteiger partial charge in [0.1, 0.15) is 12.1 Å². The van der Waals surface area contributed by atoms with Gasteiger partial charge in [0.25, 0.3) is 0 Å². The number of nitrogen functional groups attached to an aromatic ring is 1. The first-order valence-corrected chi connectivity index (χ1v) is 5.45. The molecular formula is C12H14N4. The van der Waals surface area contributed by atoms with E-state index in [1.807, 2.05) is 18.2 Å². The number of hydrogen-bond donors (Lipinski definition) is 2. The van der Waals surface area contributed by atoms with E-state index in [1.165, 1.54) is 12.8 Å². The van der Waals surface area contributed by atoms with Gasteiger partial charge in [0.15, 0.2) is 0 Å². The average molecular weight is 214 g/mol. The highest BCUT2D eigenvalue weighted by Gasteiger charge is 2.37. The molecule has 2 aromatic rings. The number of hydrogen-bond acceptors (Lipinski definition) is 4. The Kier molecular flexibility index (Phi) is 1.80. The molecule has 1 aliphatic carbocycles. The van der Waals surface area contributed by atoms with Crippen LogP contribution in [-0.2, 0) is 0 Å². The summed E-state index contributed by atoms with van der Waals surface area (Å²) in [5.74, 6) is 0.886. The molecule has 1 heterocycles. The molecule has 4 nitrogen and oxygen atoms in total. The lowest BCUT2D eigenvalue weighted by Gasteiger charge is -2.13. The molecule has 0 aliphatic heterocycles. The first-order chi connectivity index (χ1) is 7.66. The third-order valence-electron chi connectivity index (χ3n) is 3.08. The van der Waals surface area contributed by atoms with Crippen molar-refractivity contribution in [2.45, 2.75) is 25.3 Å². The first kappa shape index (κ1) is 9.39. The van der Waals surface area contributed by atoms with Crippen LogP contribution in [0.2, 0.25) is 0 Å². The zero-order valence-corrected chi connectivity index (χ0v) is 9.20. The van der Waals surface area contributed by atoms with Crippen LogP contribution in [0.4, 0.5) is 11.5 Å². The van der Waals surface area contributed by atoms with Crippen molar-refractivity contribution in [1.29, 1.82) is 0 Å². The lowest BCUT2D eigenvalue weighted by molar-refractivity contribution is 0.822. The van der Waals surface area contributed by atoms with Crippen molar-refractivity contribution in [3.8, 4) is 0 Å². The van der Waals surface area contributed by atoms with Crippen LogP contribution >= 0.6 is 0 Å². The van der Waals surface area contributed by atoms with Gasteiger partial charge in [-0.25, -0.2) is 9.97 Å². The average Bonchev–Trinajstić information content (AvgIpc) is 2.97. The number of benzene rings is 1. The maximum absolute atomic E-state index is 5.79. The van der Waals surface area contributed by atoms with Crippen molar-refractivity contribution in [3.63, 3.8) is 0 Å². The molecule has 1 saturated carbocycles. The second-order valence-electron chi connectivity index (χ2n) is 4.68. The second-order valence-corrected chi connectivity index (χ2v) is 4.68. The first-order valence-electron chi connectivity index (χ1n) is 5.45. The summed E-state index contributed by atoms with van der Waals surface area (Å²) in [5, 5.41) is 4.45. The Hall–Kier alpha value is -1.84. The maximum atomic E-state index is 5.79. The van der Waals surface area contributed by atoms with Crippen LogP contribution < -0.4 is 11.1 Å². The van der Waals surface area contributed by atoms with Crippen molar-refractivity contribution in [1.82, 2.24) is 9.97 Å². The summed E-state index contributed by atoms with van der Waals surface area (Å²) in [6, 6.07) is 5.70. The molecule has 3 N–H and O–H groups in total. The molecule has 1 aromatic carbocycles. The smallest absolute Gasteiger partial charge is 0.137 e. The standard InChI is InChI=1S/C12H14N4/c1-12(4-5-12)16-11-9-6-8(13)2-3-10(9)14-7-15-11/h2-3,6-7H,4-5,13H2,1H3,(H,14,15,16). The van der Waals surface area contributed by atoms with E-state index in [-0.39, 0.29) is 5.54 Å². The minimum Gasteiger partial charge on any atom is -0.399 e. The number of aromatic nitrogens is 2. The second kappa shape index (κ2) is 3.07. The molecular weight excluding hydrogens is 200 g/mol. The summed E-state index contributed by atoms with van der Waals surface area (Å²) in [6.07, 6.45) is 3.98. The number of fused-ring (bicyclic) bond motifs is 1. The third kappa shape index (κ3) is 1.56. The van der Waals surface area contributed by atoms with Crippen molar-refractivity contribution in [3.05, 3.63) is 24.5 Å². The molecule has 0 amide bonds. The lowest BCUT2D eigenvalue weighted by Crippen LogP contribution is -2.17. The van der Waals surface area contributed by atoms with Crippen molar-refractivity contribution < 1.29 is 0 Å². The topological polar surface area (TPSA) is 63.8 Å². The Labute approximate surface area is 93.9 Å². The van der Waals surface area contributed by atoms with E-state index in [0.717, 1.165) is 22.4 Å². The number of rotatable bonds is 2. The van der Waals surface area contributed by atoms with E-state index >= 15 is 0 Å².